The lowest BCUT2D eigenvalue weighted by Gasteiger charge is -2.25. The fourth-order valence-electron chi connectivity index (χ4n) is 1.87. The molecule has 0 radical (unpaired) electrons. The van der Waals surface area contributed by atoms with Crippen molar-refractivity contribution in [1.29, 1.82) is 0 Å². The molecule has 1 N–H and O–H groups in total. The molecular formula is C13H21BrN2. The number of aromatic nitrogens is 1. The molecule has 1 aromatic heterocycles. The van der Waals surface area contributed by atoms with E-state index in [1.807, 2.05) is 19.4 Å². The second-order valence-electron chi connectivity index (χ2n) is 5.47. The van der Waals surface area contributed by atoms with Crippen molar-refractivity contribution in [2.24, 2.45) is 5.41 Å². The first-order valence-electron chi connectivity index (χ1n) is 5.67. The first-order chi connectivity index (χ1) is 7.40. The average Bonchev–Trinajstić information content (AvgIpc) is 2.14. The zero-order chi connectivity index (χ0) is 12.2. The smallest absolute Gasteiger partial charge is 0.0410 e. The predicted molar refractivity (Wildman–Crippen MR) is 72.6 cm³/mol. The highest BCUT2D eigenvalue weighted by Crippen LogP contribution is 2.22. The molecule has 0 spiro atoms. The number of likely N-dealkylation sites (N-methyl/N-ethyl adjacent to an activating group) is 1. The topological polar surface area (TPSA) is 24.9 Å². The summed E-state index contributed by atoms with van der Waals surface area (Å²) in [6, 6.07) is 2.65. The summed E-state index contributed by atoms with van der Waals surface area (Å²) in [6.45, 7) is 6.82. The Hall–Kier alpha value is -0.410. The molecule has 3 heteroatoms. The predicted octanol–water partition coefficient (Wildman–Crippen LogP) is 3.41. The Kier molecular flexibility index (Phi) is 4.93. The summed E-state index contributed by atoms with van der Waals surface area (Å²) in [7, 11) is 2.03. The number of rotatable bonds is 4. The Morgan fingerprint density at radius 3 is 2.56 bits per heavy atom. The van der Waals surface area contributed by atoms with E-state index in [-0.39, 0.29) is 0 Å². The highest BCUT2D eigenvalue weighted by Gasteiger charge is 2.17. The van der Waals surface area contributed by atoms with Crippen LogP contribution >= 0.6 is 15.9 Å². The second kappa shape index (κ2) is 5.78. The molecule has 1 unspecified atom stereocenters. The van der Waals surface area contributed by atoms with E-state index in [9.17, 15) is 0 Å². The lowest BCUT2D eigenvalue weighted by molar-refractivity contribution is 0.316. The zero-order valence-electron chi connectivity index (χ0n) is 10.5. The third-order valence-electron chi connectivity index (χ3n) is 2.51. The SMILES string of the molecule is CNC(Cc1cncc(Br)c1)CC(C)(C)C. The van der Waals surface area contributed by atoms with Crippen LogP contribution in [0.25, 0.3) is 0 Å². The second-order valence-corrected chi connectivity index (χ2v) is 6.38. The Labute approximate surface area is 107 Å². The van der Waals surface area contributed by atoms with E-state index < -0.39 is 0 Å². The number of halogens is 1. The van der Waals surface area contributed by atoms with E-state index in [2.05, 4.69) is 53.1 Å². The van der Waals surface area contributed by atoms with Gasteiger partial charge in [-0.2, -0.15) is 0 Å². The maximum absolute atomic E-state index is 4.19. The van der Waals surface area contributed by atoms with Crippen molar-refractivity contribution in [1.82, 2.24) is 10.3 Å². The Bertz CT molecular complexity index is 331. The molecule has 1 heterocycles. The first-order valence-corrected chi connectivity index (χ1v) is 6.47. The minimum Gasteiger partial charge on any atom is -0.317 e. The molecule has 1 atom stereocenters. The van der Waals surface area contributed by atoms with E-state index in [1.54, 1.807) is 0 Å². The van der Waals surface area contributed by atoms with E-state index >= 15 is 0 Å². The van der Waals surface area contributed by atoms with Gasteiger partial charge in [0.1, 0.15) is 0 Å². The van der Waals surface area contributed by atoms with Gasteiger partial charge in [0.15, 0.2) is 0 Å². The van der Waals surface area contributed by atoms with Crippen LogP contribution in [0.3, 0.4) is 0 Å². The third kappa shape index (κ3) is 5.08. The number of hydrogen-bond donors (Lipinski definition) is 1. The molecule has 0 aromatic carbocycles. The van der Waals surface area contributed by atoms with Crippen molar-refractivity contribution in [3.63, 3.8) is 0 Å². The minimum absolute atomic E-state index is 0.354. The van der Waals surface area contributed by atoms with Gasteiger partial charge in [0, 0.05) is 22.9 Å². The molecule has 0 saturated carbocycles. The van der Waals surface area contributed by atoms with Crippen LogP contribution in [0.4, 0.5) is 0 Å². The van der Waals surface area contributed by atoms with Crippen LogP contribution in [-0.4, -0.2) is 18.1 Å². The molecular weight excluding hydrogens is 264 g/mol. The van der Waals surface area contributed by atoms with Crippen LogP contribution < -0.4 is 5.32 Å². The van der Waals surface area contributed by atoms with Crippen LogP contribution in [0.5, 0.6) is 0 Å². The van der Waals surface area contributed by atoms with Crippen molar-refractivity contribution in [2.75, 3.05) is 7.05 Å². The maximum atomic E-state index is 4.19. The van der Waals surface area contributed by atoms with Gasteiger partial charge in [-0.3, -0.25) is 4.98 Å². The summed E-state index contributed by atoms with van der Waals surface area (Å²) in [4.78, 5) is 4.19. The number of nitrogens with one attached hydrogen (secondary N) is 1. The molecule has 0 aliphatic heterocycles. The average molecular weight is 285 g/mol. The largest absolute Gasteiger partial charge is 0.317 e. The summed E-state index contributed by atoms with van der Waals surface area (Å²) in [6.07, 6.45) is 5.95. The normalized spacial score (nSPS) is 13.8. The highest BCUT2D eigenvalue weighted by molar-refractivity contribution is 9.10. The van der Waals surface area contributed by atoms with E-state index in [0.29, 0.717) is 11.5 Å². The van der Waals surface area contributed by atoms with E-state index in [1.165, 1.54) is 5.56 Å². The number of pyridine rings is 1. The van der Waals surface area contributed by atoms with Gasteiger partial charge in [-0.25, -0.2) is 0 Å². The molecule has 0 aliphatic rings. The third-order valence-corrected chi connectivity index (χ3v) is 2.94. The van der Waals surface area contributed by atoms with E-state index in [4.69, 9.17) is 0 Å². The Balaban J connectivity index is 2.63. The van der Waals surface area contributed by atoms with Crippen LogP contribution in [0.2, 0.25) is 0 Å². The van der Waals surface area contributed by atoms with Gasteiger partial charge in [0.2, 0.25) is 0 Å². The molecule has 16 heavy (non-hydrogen) atoms. The van der Waals surface area contributed by atoms with E-state index in [0.717, 1.165) is 17.3 Å². The highest BCUT2D eigenvalue weighted by atomic mass is 79.9. The summed E-state index contributed by atoms with van der Waals surface area (Å²) in [5, 5.41) is 3.38. The molecule has 0 bridgehead atoms. The summed E-state index contributed by atoms with van der Waals surface area (Å²) >= 11 is 3.45. The standard InChI is InChI=1S/C13H21BrN2/c1-13(2,3)7-12(15-4)6-10-5-11(14)9-16-8-10/h5,8-9,12,15H,6-7H2,1-4H3. The van der Waals surface area contributed by atoms with Gasteiger partial charge in [0.25, 0.3) is 0 Å². The fraction of sp³-hybridized carbons (Fsp3) is 0.615. The molecule has 0 aliphatic carbocycles. The Morgan fingerprint density at radius 1 is 1.38 bits per heavy atom. The van der Waals surface area contributed by atoms with Crippen molar-refractivity contribution in [3.05, 3.63) is 28.5 Å². The Morgan fingerprint density at radius 2 is 2.06 bits per heavy atom. The summed E-state index contributed by atoms with van der Waals surface area (Å²) in [5.74, 6) is 0. The van der Waals surface area contributed by atoms with Crippen LogP contribution in [0, 0.1) is 5.41 Å². The molecule has 1 aromatic rings. The molecule has 0 amide bonds. The molecule has 0 saturated heterocycles. The van der Waals surface area contributed by atoms with Crippen molar-refractivity contribution in [2.45, 2.75) is 39.7 Å². The monoisotopic (exact) mass is 284 g/mol. The molecule has 0 fully saturated rings. The van der Waals surface area contributed by atoms with Crippen molar-refractivity contribution < 1.29 is 0 Å². The van der Waals surface area contributed by atoms with Gasteiger partial charge >= 0.3 is 0 Å². The summed E-state index contributed by atoms with van der Waals surface area (Å²) in [5.41, 5.74) is 1.63. The van der Waals surface area contributed by atoms with Crippen molar-refractivity contribution >= 4 is 15.9 Å². The summed E-state index contributed by atoms with van der Waals surface area (Å²) < 4.78 is 1.05. The number of nitrogens with zero attached hydrogens (tertiary/aromatic N) is 1. The fourth-order valence-corrected chi connectivity index (χ4v) is 2.28. The van der Waals surface area contributed by atoms with Crippen molar-refractivity contribution in [3.8, 4) is 0 Å². The van der Waals surface area contributed by atoms with Gasteiger partial charge < -0.3 is 5.32 Å². The quantitative estimate of drug-likeness (QED) is 0.917. The molecule has 1 rings (SSSR count). The lowest BCUT2D eigenvalue weighted by atomic mass is 9.86. The van der Waals surface area contributed by atoms with Gasteiger partial charge in [-0.05, 0) is 52.9 Å². The zero-order valence-corrected chi connectivity index (χ0v) is 12.1. The van der Waals surface area contributed by atoms with Crippen LogP contribution in [-0.2, 0) is 6.42 Å². The van der Waals surface area contributed by atoms with Crippen LogP contribution in [0.1, 0.15) is 32.8 Å². The first kappa shape index (κ1) is 13.7. The van der Waals surface area contributed by atoms with Gasteiger partial charge in [0.05, 0.1) is 0 Å². The molecule has 2 nitrogen and oxygen atoms in total. The maximum Gasteiger partial charge on any atom is 0.0410 e. The van der Waals surface area contributed by atoms with Crippen LogP contribution in [0.15, 0.2) is 22.9 Å². The minimum atomic E-state index is 0.354. The van der Waals surface area contributed by atoms with Gasteiger partial charge in [-0.15, -0.1) is 0 Å². The molecule has 90 valence electrons. The van der Waals surface area contributed by atoms with Gasteiger partial charge in [-0.1, -0.05) is 20.8 Å². The number of hydrogen-bond acceptors (Lipinski definition) is 2. The lowest BCUT2D eigenvalue weighted by Crippen LogP contribution is -2.32.